The molecule has 1 N–H and O–H groups in total. The fourth-order valence-electron chi connectivity index (χ4n) is 1.38. The van der Waals surface area contributed by atoms with Gasteiger partial charge in [0, 0.05) is 32.2 Å². The second-order valence-corrected chi connectivity index (χ2v) is 3.87. The highest BCUT2D eigenvalue weighted by Gasteiger charge is 2.21. The number of hydrogen-bond donors (Lipinski definition) is 1. The van der Waals surface area contributed by atoms with Crippen LogP contribution in [0, 0.1) is 0 Å². The first-order chi connectivity index (χ1) is 6.77. The Morgan fingerprint density at radius 2 is 2.29 bits per heavy atom. The summed E-state index contributed by atoms with van der Waals surface area (Å²) in [6.07, 6.45) is 0. The van der Waals surface area contributed by atoms with Crippen LogP contribution < -0.4 is 5.32 Å². The third kappa shape index (κ3) is 1.96. The standard InChI is InChI=1S/C8H10BrN3O2/c9-7-5-6(14-11-7)8(13)12-3-1-10-2-4-12/h5,10H,1-4H2. The molecule has 2 heterocycles. The van der Waals surface area contributed by atoms with E-state index >= 15 is 0 Å². The number of carbonyl (C=O) groups is 1. The van der Waals surface area contributed by atoms with Gasteiger partial charge in [-0.15, -0.1) is 0 Å². The number of nitrogens with zero attached hydrogens (tertiary/aromatic N) is 2. The van der Waals surface area contributed by atoms with E-state index in [-0.39, 0.29) is 5.91 Å². The molecule has 0 bridgehead atoms. The summed E-state index contributed by atoms with van der Waals surface area (Å²) >= 11 is 3.14. The molecule has 0 aliphatic carbocycles. The summed E-state index contributed by atoms with van der Waals surface area (Å²) in [4.78, 5) is 13.5. The molecule has 5 nitrogen and oxygen atoms in total. The normalized spacial score (nSPS) is 17.1. The number of nitrogens with one attached hydrogen (secondary N) is 1. The molecule has 1 aromatic heterocycles. The lowest BCUT2D eigenvalue weighted by Gasteiger charge is -2.26. The molecule has 1 aliphatic rings. The molecule has 0 unspecified atom stereocenters. The molecule has 76 valence electrons. The van der Waals surface area contributed by atoms with Crippen LogP contribution in [0.3, 0.4) is 0 Å². The third-order valence-corrected chi connectivity index (χ3v) is 2.47. The van der Waals surface area contributed by atoms with Crippen LogP contribution in [0.4, 0.5) is 0 Å². The zero-order valence-corrected chi connectivity index (χ0v) is 9.08. The Bertz CT molecular complexity index is 333. The van der Waals surface area contributed by atoms with E-state index in [1.54, 1.807) is 11.0 Å². The van der Waals surface area contributed by atoms with E-state index in [0.717, 1.165) is 26.2 Å². The Morgan fingerprint density at radius 1 is 1.57 bits per heavy atom. The Morgan fingerprint density at radius 3 is 2.86 bits per heavy atom. The lowest BCUT2D eigenvalue weighted by atomic mass is 10.3. The Hall–Kier alpha value is -0.880. The fraction of sp³-hybridized carbons (Fsp3) is 0.500. The monoisotopic (exact) mass is 259 g/mol. The van der Waals surface area contributed by atoms with E-state index in [0.29, 0.717) is 10.4 Å². The summed E-state index contributed by atoms with van der Waals surface area (Å²) in [5.41, 5.74) is 0. The van der Waals surface area contributed by atoms with Gasteiger partial charge in [0.1, 0.15) is 4.60 Å². The van der Waals surface area contributed by atoms with Crippen LogP contribution in [0.2, 0.25) is 0 Å². The van der Waals surface area contributed by atoms with Crippen LogP contribution in [0.15, 0.2) is 15.2 Å². The van der Waals surface area contributed by atoms with E-state index in [2.05, 4.69) is 26.4 Å². The van der Waals surface area contributed by atoms with Crippen molar-refractivity contribution in [2.75, 3.05) is 26.2 Å². The smallest absolute Gasteiger partial charge is 0.292 e. The molecule has 0 spiro atoms. The maximum absolute atomic E-state index is 11.8. The molecule has 1 aliphatic heterocycles. The van der Waals surface area contributed by atoms with Crippen molar-refractivity contribution in [3.05, 3.63) is 16.4 Å². The lowest BCUT2D eigenvalue weighted by Crippen LogP contribution is -2.46. The first-order valence-electron chi connectivity index (χ1n) is 4.39. The number of carbonyl (C=O) groups excluding carboxylic acids is 1. The molecular formula is C8H10BrN3O2. The summed E-state index contributed by atoms with van der Waals surface area (Å²) < 4.78 is 5.42. The van der Waals surface area contributed by atoms with E-state index in [1.807, 2.05) is 0 Å². The average Bonchev–Trinajstić information content (AvgIpc) is 2.65. The van der Waals surface area contributed by atoms with E-state index in [1.165, 1.54) is 0 Å². The van der Waals surface area contributed by atoms with Crippen LogP contribution in [-0.4, -0.2) is 42.1 Å². The average molecular weight is 260 g/mol. The molecule has 6 heteroatoms. The maximum atomic E-state index is 11.8. The van der Waals surface area contributed by atoms with Gasteiger partial charge in [0.25, 0.3) is 5.91 Å². The van der Waals surface area contributed by atoms with Gasteiger partial charge in [-0.1, -0.05) is 5.16 Å². The van der Waals surface area contributed by atoms with Gasteiger partial charge in [-0.05, 0) is 15.9 Å². The Labute approximate surface area is 89.6 Å². The molecule has 0 atom stereocenters. The van der Waals surface area contributed by atoms with E-state index in [4.69, 9.17) is 4.52 Å². The minimum atomic E-state index is -0.0929. The SMILES string of the molecule is O=C(c1cc(Br)no1)N1CCNCC1. The van der Waals surface area contributed by atoms with E-state index in [9.17, 15) is 4.79 Å². The second kappa shape index (κ2) is 4.10. The largest absolute Gasteiger partial charge is 0.350 e. The molecule has 1 saturated heterocycles. The lowest BCUT2D eigenvalue weighted by molar-refractivity contribution is 0.0693. The summed E-state index contributed by atoms with van der Waals surface area (Å²) in [5.74, 6) is 0.198. The summed E-state index contributed by atoms with van der Waals surface area (Å²) in [6.45, 7) is 3.11. The molecule has 1 amide bonds. The minimum absolute atomic E-state index is 0.0929. The van der Waals surface area contributed by atoms with Gasteiger partial charge in [-0.25, -0.2) is 0 Å². The quantitative estimate of drug-likeness (QED) is 0.798. The second-order valence-electron chi connectivity index (χ2n) is 3.06. The molecular weight excluding hydrogens is 250 g/mol. The van der Waals surface area contributed by atoms with Gasteiger partial charge < -0.3 is 14.7 Å². The molecule has 0 saturated carbocycles. The van der Waals surface area contributed by atoms with Gasteiger partial charge in [-0.2, -0.15) is 0 Å². The van der Waals surface area contributed by atoms with Gasteiger partial charge >= 0.3 is 0 Å². The minimum Gasteiger partial charge on any atom is -0.350 e. The van der Waals surface area contributed by atoms with E-state index < -0.39 is 0 Å². The highest BCUT2D eigenvalue weighted by Crippen LogP contribution is 2.12. The molecule has 14 heavy (non-hydrogen) atoms. The molecule has 0 aromatic carbocycles. The van der Waals surface area contributed by atoms with Crippen molar-refractivity contribution in [3.63, 3.8) is 0 Å². The van der Waals surface area contributed by atoms with Crippen molar-refractivity contribution >= 4 is 21.8 Å². The summed E-state index contributed by atoms with van der Waals surface area (Å²) in [6, 6.07) is 1.59. The number of aromatic nitrogens is 1. The number of rotatable bonds is 1. The van der Waals surface area contributed by atoms with Gasteiger partial charge in [0.05, 0.1) is 0 Å². The van der Waals surface area contributed by atoms with Gasteiger partial charge in [0.15, 0.2) is 0 Å². The van der Waals surface area contributed by atoms with Crippen LogP contribution in [0.5, 0.6) is 0 Å². The van der Waals surface area contributed by atoms with Crippen LogP contribution in [0.1, 0.15) is 10.6 Å². The van der Waals surface area contributed by atoms with Gasteiger partial charge in [-0.3, -0.25) is 4.79 Å². The van der Waals surface area contributed by atoms with Crippen LogP contribution >= 0.6 is 15.9 Å². The van der Waals surface area contributed by atoms with Crippen molar-refractivity contribution in [3.8, 4) is 0 Å². The maximum Gasteiger partial charge on any atom is 0.292 e. The van der Waals surface area contributed by atoms with Crippen molar-refractivity contribution in [1.29, 1.82) is 0 Å². The molecule has 2 rings (SSSR count). The number of halogens is 1. The molecule has 0 radical (unpaired) electrons. The highest BCUT2D eigenvalue weighted by atomic mass is 79.9. The van der Waals surface area contributed by atoms with Crippen molar-refractivity contribution in [1.82, 2.24) is 15.4 Å². The Kier molecular flexibility index (Phi) is 2.83. The number of hydrogen-bond acceptors (Lipinski definition) is 4. The van der Waals surface area contributed by atoms with Gasteiger partial charge in [0.2, 0.25) is 5.76 Å². The predicted octanol–water partition coefficient (Wildman–Crippen LogP) is 0.482. The zero-order chi connectivity index (χ0) is 9.97. The summed E-state index contributed by atoms with van der Waals surface area (Å²) in [7, 11) is 0. The molecule has 1 aromatic rings. The Balaban J connectivity index is 2.07. The fourth-order valence-corrected chi connectivity index (χ4v) is 1.66. The van der Waals surface area contributed by atoms with Crippen LogP contribution in [-0.2, 0) is 0 Å². The first kappa shape index (κ1) is 9.67. The topological polar surface area (TPSA) is 58.4 Å². The molecule has 1 fully saturated rings. The van der Waals surface area contributed by atoms with Crippen molar-refractivity contribution in [2.24, 2.45) is 0 Å². The summed E-state index contributed by atoms with van der Waals surface area (Å²) in [5, 5.41) is 6.79. The van der Waals surface area contributed by atoms with Crippen molar-refractivity contribution < 1.29 is 9.32 Å². The number of piperazine rings is 1. The van der Waals surface area contributed by atoms with Crippen molar-refractivity contribution in [2.45, 2.75) is 0 Å². The third-order valence-electron chi connectivity index (χ3n) is 2.10. The highest BCUT2D eigenvalue weighted by molar-refractivity contribution is 9.10. The zero-order valence-electron chi connectivity index (χ0n) is 7.49. The predicted molar refractivity (Wildman–Crippen MR) is 53.0 cm³/mol. The number of amides is 1. The first-order valence-corrected chi connectivity index (χ1v) is 5.19. The van der Waals surface area contributed by atoms with Crippen LogP contribution in [0.25, 0.3) is 0 Å².